The molecular formula is C28H40N6O4. The van der Waals surface area contributed by atoms with Crippen LogP contribution in [0.2, 0.25) is 0 Å². The highest BCUT2D eigenvalue weighted by Crippen LogP contribution is 2.19. The summed E-state index contributed by atoms with van der Waals surface area (Å²) in [6.45, 7) is 10.7. The number of nitrogens with one attached hydrogen (secondary N) is 2. The SMILES string of the molecule is CC(C)(C)OC(=O)NCCN1CC(Nc2cc(C(=O)CC[C@H](O)CN3CCc4ccccc4C3)ncn2)C1. The van der Waals surface area contributed by atoms with Crippen LogP contribution in [0.3, 0.4) is 0 Å². The van der Waals surface area contributed by atoms with Gasteiger partial charge in [0.25, 0.3) is 0 Å². The largest absolute Gasteiger partial charge is 0.444 e. The molecule has 0 bridgehead atoms. The van der Waals surface area contributed by atoms with Gasteiger partial charge in [-0.05, 0) is 44.7 Å². The molecule has 10 heteroatoms. The van der Waals surface area contributed by atoms with Gasteiger partial charge in [-0.1, -0.05) is 24.3 Å². The van der Waals surface area contributed by atoms with E-state index < -0.39 is 17.8 Å². The topological polar surface area (TPSA) is 120 Å². The van der Waals surface area contributed by atoms with Gasteiger partial charge in [-0.3, -0.25) is 14.6 Å². The molecule has 0 spiro atoms. The summed E-state index contributed by atoms with van der Waals surface area (Å²) >= 11 is 0. The quantitative estimate of drug-likeness (QED) is 0.381. The zero-order chi connectivity index (χ0) is 27.1. The van der Waals surface area contributed by atoms with Crippen molar-refractivity contribution in [3.05, 3.63) is 53.5 Å². The number of benzene rings is 1. The number of hydrogen-bond acceptors (Lipinski definition) is 9. The van der Waals surface area contributed by atoms with E-state index in [-0.39, 0.29) is 18.2 Å². The van der Waals surface area contributed by atoms with Crippen LogP contribution in [-0.4, -0.2) is 93.8 Å². The molecule has 1 amide bonds. The third kappa shape index (κ3) is 8.47. The predicted molar refractivity (Wildman–Crippen MR) is 145 cm³/mol. The minimum absolute atomic E-state index is 0.0954. The van der Waals surface area contributed by atoms with E-state index in [1.54, 1.807) is 6.07 Å². The Bertz CT molecular complexity index is 1100. The average Bonchev–Trinajstić information content (AvgIpc) is 2.84. The molecule has 1 fully saturated rings. The van der Waals surface area contributed by atoms with E-state index in [0.29, 0.717) is 31.0 Å². The number of anilines is 1. The van der Waals surface area contributed by atoms with Gasteiger partial charge in [-0.25, -0.2) is 14.8 Å². The second-order valence-electron chi connectivity index (χ2n) is 11.2. The normalized spacial score (nSPS) is 17.3. The molecule has 10 nitrogen and oxygen atoms in total. The number of aliphatic hydroxyl groups is 1. The minimum Gasteiger partial charge on any atom is -0.444 e. The molecule has 2 aromatic rings. The first-order valence-electron chi connectivity index (χ1n) is 13.4. The van der Waals surface area contributed by atoms with E-state index in [4.69, 9.17) is 4.74 Å². The first-order valence-corrected chi connectivity index (χ1v) is 13.4. The van der Waals surface area contributed by atoms with Crippen molar-refractivity contribution < 1.29 is 19.4 Å². The van der Waals surface area contributed by atoms with Gasteiger partial charge in [0.05, 0.1) is 12.1 Å². The molecule has 1 saturated heterocycles. The number of aromatic nitrogens is 2. The van der Waals surface area contributed by atoms with Crippen LogP contribution in [0.4, 0.5) is 10.6 Å². The van der Waals surface area contributed by atoms with E-state index in [1.165, 1.54) is 17.5 Å². The number of rotatable bonds is 11. The fourth-order valence-electron chi connectivity index (χ4n) is 4.80. The zero-order valence-electron chi connectivity index (χ0n) is 22.7. The number of ether oxygens (including phenoxy) is 1. The fraction of sp³-hybridized carbons (Fsp3) is 0.571. The number of carbonyl (C=O) groups excluding carboxylic acids is 2. The molecular weight excluding hydrogens is 484 g/mol. The molecule has 0 saturated carbocycles. The highest BCUT2D eigenvalue weighted by atomic mass is 16.6. The number of alkyl carbamates (subject to hydrolysis) is 1. The summed E-state index contributed by atoms with van der Waals surface area (Å²) in [6, 6.07) is 10.3. The Balaban J connectivity index is 1.14. The third-order valence-electron chi connectivity index (χ3n) is 6.74. The molecule has 0 aliphatic carbocycles. The maximum Gasteiger partial charge on any atom is 0.407 e. The van der Waals surface area contributed by atoms with Gasteiger partial charge in [0.15, 0.2) is 5.78 Å². The van der Waals surface area contributed by atoms with Crippen molar-refractivity contribution in [2.45, 2.75) is 64.3 Å². The monoisotopic (exact) mass is 524 g/mol. The van der Waals surface area contributed by atoms with Crippen molar-refractivity contribution in [2.24, 2.45) is 0 Å². The number of carbonyl (C=O) groups is 2. The van der Waals surface area contributed by atoms with Gasteiger partial charge in [0.1, 0.15) is 23.4 Å². The van der Waals surface area contributed by atoms with Gasteiger partial charge >= 0.3 is 6.09 Å². The van der Waals surface area contributed by atoms with Crippen molar-refractivity contribution >= 4 is 17.7 Å². The molecule has 1 aromatic heterocycles. The number of β-amino-alcohol motifs (C(OH)–C–C–N with tert-alkyl or cyclic N) is 1. The Labute approximate surface area is 224 Å². The van der Waals surface area contributed by atoms with E-state index in [9.17, 15) is 14.7 Å². The fourth-order valence-corrected chi connectivity index (χ4v) is 4.80. The lowest BCUT2D eigenvalue weighted by Crippen LogP contribution is -2.56. The second kappa shape index (κ2) is 12.6. The van der Waals surface area contributed by atoms with Crippen LogP contribution in [0.1, 0.15) is 55.2 Å². The molecule has 3 heterocycles. The Morgan fingerprint density at radius 2 is 1.92 bits per heavy atom. The number of ketones is 1. The van der Waals surface area contributed by atoms with Crippen molar-refractivity contribution in [3.8, 4) is 0 Å². The first-order chi connectivity index (χ1) is 18.1. The Morgan fingerprint density at radius 1 is 1.16 bits per heavy atom. The van der Waals surface area contributed by atoms with Gasteiger partial charge in [0, 0.05) is 58.3 Å². The van der Waals surface area contributed by atoms with Gasteiger partial charge in [-0.2, -0.15) is 0 Å². The van der Waals surface area contributed by atoms with E-state index in [1.807, 2.05) is 20.8 Å². The summed E-state index contributed by atoms with van der Waals surface area (Å²) in [5, 5.41) is 16.7. The highest BCUT2D eigenvalue weighted by Gasteiger charge is 2.27. The molecule has 0 radical (unpaired) electrons. The molecule has 206 valence electrons. The maximum absolute atomic E-state index is 12.7. The number of aliphatic hydroxyl groups excluding tert-OH is 1. The lowest BCUT2D eigenvalue weighted by Gasteiger charge is -2.39. The number of likely N-dealkylation sites (tertiary alicyclic amines) is 1. The molecule has 38 heavy (non-hydrogen) atoms. The number of amides is 1. The van der Waals surface area contributed by atoms with Crippen molar-refractivity contribution in [1.29, 1.82) is 0 Å². The zero-order valence-corrected chi connectivity index (χ0v) is 22.7. The van der Waals surface area contributed by atoms with Gasteiger partial charge in [0.2, 0.25) is 0 Å². The van der Waals surface area contributed by atoms with Gasteiger partial charge < -0.3 is 20.5 Å². The van der Waals surface area contributed by atoms with E-state index >= 15 is 0 Å². The Morgan fingerprint density at radius 3 is 2.68 bits per heavy atom. The molecule has 3 N–H and O–H groups in total. The number of Topliss-reactive ketones (excluding diaryl/α,β-unsaturated/α-hetero) is 1. The summed E-state index contributed by atoms with van der Waals surface area (Å²) in [4.78, 5) is 37.3. The van der Waals surface area contributed by atoms with Crippen LogP contribution < -0.4 is 10.6 Å². The maximum atomic E-state index is 12.7. The average molecular weight is 525 g/mol. The summed E-state index contributed by atoms with van der Waals surface area (Å²) in [5.74, 6) is 0.523. The van der Waals surface area contributed by atoms with Crippen LogP contribution >= 0.6 is 0 Å². The molecule has 2 aliphatic heterocycles. The minimum atomic E-state index is -0.561. The summed E-state index contributed by atoms with van der Waals surface area (Å²) in [5.41, 5.74) is 2.55. The molecule has 2 aliphatic rings. The van der Waals surface area contributed by atoms with Gasteiger partial charge in [-0.15, -0.1) is 0 Å². The summed E-state index contributed by atoms with van der Waals surface area (Å²) < 4.78 is 5.24. The van der Waals surface area contributed by atoms with Crippen LogP contribution in [0.5, 0.6) is 0 Å². The number of nitrogens with zero attached hydrogens (tertiary/aromatic N) is 4. The van der Waals surface area contributed by atoms with Crippen molar-refractivity contribution in [2.75, 3.05) is 44.6 Å². The molecule has 1 atom stereocenters. The second-order valence-corrected chi connectivity index (χ2v) is 11.2. The summed E-state index contributed by atoms with van der Waals surface area (Å²) in [6.07, 6.45) is 2.06. The lowest BCUT2D eigenvalue weighted by atomic mass is 9.99. The lowest BCUT2D eigenvalue weighted by molar-refractivity contribution is 0.0515. The standard InChI is InChI=1S/C28H40N6O4/c1-28(2,3)38-27(37)29-11-13-34-16-22(17-34)32-26-14-24(30-19-31-26)25(36)9-8-23(35)18-33-12-10-20-6-4-5-7-21(20)15-33/h4-7,14,19,22-23,35H,8-13,15-18H2,1-3H3,(H,29,37)(H,30,31,32)/t23-/m0/s1. The van der Waals surface area contributed by atoms with Crippen LogP contribution in [0, 0.1) is 0 Å². The highest BCUT2D eigenvalue weighted by molar-refractivity contribution is 5.94. The Kier molecular flexibility index (Phi) is 9.30. The first kappa shape index (κ1) is 27.9. The molecule has 0 unspecified atom stereocenters. The number of hydrogen-bond donors (Lipinski definition) is 3. The van der Waals surface area contributed by atoms with Crippen LogP contribution in [0.15, 0.2) is 36.7 Å². The van der Waals surface area contributed by atoms with Crippen LogP contribution in [0.25, 0.3) is 0 Å². The molecule has 1 aromatic carbocycles. The summed E-state index contributed by atoms with van der Waals surface area (Å²) in [7, 11) is 0. The van der Waals surface area contributed by atoms with Crippen molar-refractivity contribution in [1.82, 2.24) is 25.1 Å². The van der Waals surface area contributed by atoms with E-state index in [2.05, 4.69) is 54.7 Å². The third-order valence-corrected chi connectivity index (χ3v) is 6.74. The van der Waals surface area contributed by atoms with Crippen LogP contribution in [-0.2, 0) is 17.7 Å². The van der Waals surface area contributed by atoms with E-state index in [0.717, 1.165) is 39.1 Å². The van der Waals surface area contributed by atoms with Crippen molar-refractivity contribution in [3.63, 3.8) is 0 Å². The number of fused-ring (bicyclic) bond motifs is 1. The predicted octanol–water partition coefficient (Wildman–Crippen LogP) is 2.48. The smallest absolute Gasteiger partial charge is 0.407 e. The molecule has 4 rings (SSSR count). The Hall–Kier alpha value is -3.08.